The van der Waals surface area contributed by atoms with Gasteiger partial charge in [0, 0.05) is 13.7 Å². The average Bonchev–Trinajstić information content (AvgIpc) is 2.17. The van der Waals surface area contributed by atoms with Gasteiger partial charge in [0.15, 0.2) is 0 Å². The van der Waals surface area contributed by atoms with Gasteiger partial charge >= 0.3 is 0 Å². The molecule has 0 saturated heterocycles. The summed E-state index contributed by atoms with van der Waals surface area (Å²) in [6, 6.07) is 2.29. The summed E-state index contributed by atoms with van der Waals surface area (Å²) in [5, 5.41) is 18.4. The van der Waals surface area contributed by atoms with Crippen molar-refractivity contribution in [3.63, 3.8) is 0 Å². The highest BCUT2D eigenvalue weighted by atomic mass is 16.5. The number of likely N-dealkylation sites (N-methyl/N-ethyl adjacent to an activating group) is 1. The molecule has 0 amide bonds. The molecule has 94 valence electrons. The summed E-state index contributed by atoms with van der Waals surface area (Å²) in [7, 11) is 3.55. The minimum Gasteiger partial charge on any atom is -0.389 e. The molecule has 16 heavy (non-hydrogen) atoms. The zero-order chi connectivity index (χ0) is 12.6. The van der Waals surface area contributed by atoms with Crippen molar-refractivity contribution in [1.29, 1.82) is 5.26 Å². The van der Waals surface area contributed by atoms with Crippen LogP contribution >= 0.6 is 0 Å². The first-order valence-corrected chi connectivity index (χ1v) is 5.68. The van der Waals surface area contributed by atoms with Crippen LogP contribution in [-0.2, 0) is 4.74 Å². The van der Waals surface area contributed by atoms with E-state index in [1.54, 1.807) is 7.11 Å². The van der Waals surface area contributed by atoms with Crippen molar-refractivity contribution in [2.24, 2.45) is 5.41 Å². The van der Waals surface area contributed by atoms with E-state index in [1.807, 2.05) is 20.9 Å². The highest BCUT2D eigenvalue weighted by molar-refractivity contribution is 4.91. The van der Waals surface area contributed by atoms with E-state index in [2.05, 4.69) is 11.0 Å². The SMILES string of the molecule is COCC(O)CN(C)CCCC(C)(C)C#N. The Kier molecular flexibility index (Phi) is 7.31. The van der Waals surface area contributed by atoms with Crippen LogP contribution in [0.4, 0.5) is 0 Å². The van der Waals surface area contributed by atoms with Gasteiger partial charge in [-0.2, -0.15) is 5.26 Å². The molecular weight excluding hydrogens is 204 g/mol. The van der Waals surface area contributed by atoms with Crippen LogP contribution in [0.15, 0.2) is 0 Å². The normalized spacial score (nSPS) is 13.8. The number of methoxy groups -OCH3 is 1. The van der Waals surface area contributed by atoms with E-state index in [1.165, 1.54) is 0 Å². The van der Waals surface area contributed by atoms with E-state index in [4.69, 9.17) is 10.00 Å². The molecule has 0 aromatic carbocycles. The van der Waals surface area contributed by atoms with Gasteiger partial charge in [-0.05, 0) is 40.3 Å². The Morgan fingerprint density at radius 1 is 1.50 bits per heavy atom. The van der Waals surface area contributed by atoms with Crippen molar-refractivity contribution in [1.82, 2.24) is 4.90 Å². The molecule has 0 aliphatic heterocycles. The van der Waals surface area contributed by atoms with Crippen molar-refractivity contribution in [2.75, 3.05) is 33.9 Å². The van der Waals surface area contributed by atoms with Crippen molar-refractivity contribution in [2.45, 2.75) is 32.8 Å². The lowest BCUT2D eigenvalue weighted by Crippen LogP contribution is -2.32. The smallest absolute Gasteiger partial charge is 0.0899 e. The minimum atomic E-state index is -0.432. The first kappa shape index (κ1) is 15.4. The molecule has 1 N–H and O–H groups in total. The van der Waals surface area contributed by atoms with Crippen LogP contribution < -0.4 is 0 Å². The van der Waals surface area contributed by atoms with Gasteiger partial charge < -0.3 is 14.7 Å². The number of rotatable bonds is 8. The summed E-state index contributed by atoms with van der Waals surface area (Å²) in [4.78, 5) is 2.07. The van der Waals surface area contributed by atoms with Gasteiger partial charge in [0.25, 0.3) is 0 Å². The molecule has 4 nitrogen and oxygen atoms in total. The summed E-state index contributed by atoms with van der Waals surface area (Å²) in [5.74, 6) is 0. The van der Waals surface area contributed by atoms with Crippen molar-refractivity contribution < 1.29 is 9.84 Å². The Balaban J connectivity index is 3.66. The summed E-state index contributed by atoms with van der Waals surface area (Å²) in [5.41, 5.74) is -0.244. The number of aliphatic hydroxyl groups is 1. The molecule has 0 saturated carbocycles. The van der Waals surface area contributed by atoms with E-state index in [0.717, 1.165) is 19.4 Å². The summed E-state index contributed by atoms with van der Waals surface area (Å²) in [6.07, 6.45) is 1.42. The third kappa shape index (κ3) is 7.63. The third-order valence-corrected chi connectivity index (χ3v) is 2.53. The van der Waals surface area contributed by atoms with E-state index in [9.17, 15) is 5.11 Å². The van der Waals surface area contributed by atoms with Crippen LogP contribution in [0.1, 0.15) is 26.7 Å². The molecule has 0 aliphatic rings. The molecule has 0 aromatic rings. The molecule has 4 heteroatoms. The van der Waals surface area contributed by atoms with E-state index in [0.29, 0.717) is 13.2 Å². The van der Waals surface area contributed by atoms with Crippen LogP contribution in [0.2, 0.25) is 0 Å². The van der Waals surface area contributed by atoms with Crippen molar-refractivity contribution in [3.05, 3.63) is 0 Å². The van der Waals surface area contributed by atoms with Crippen molar-refractivity contribution in [3.8, 4) is 6.07 Å². The number of nitriles is 1. The van der Waals surface area contributed by atoms with Gasteiger partial charge in [0.2, 0.25) is 0 Å². The first-order valence-electron chi connectivity index (χ1n) is 5.68. The van der Waals surface area contributed by atoms with Gasteiger partial charge in [-0.15, -0.1) is 0 Å². The largest absolute Gasteiger partial charge is 0.389 e. The molecule has 0 rings (SSSR count). The molecule has 0 aliphatic carbocycles. The van der Waals surface area contributed by atoms with Gasteiger partial charge in [-0.1, -0.05) is 0 Å². The van der Waals surface area contributed by atoms with Crippen LogP contribution in [0, 0.1) is 16.7 Å². The second kappa shape index (κ2) is 7.61. The van der Waals surface area contributed by atoms with Crippen LogP contribution in [-0.4, -0.2) is 50.0 Å². The van der Waals surface area contributed by atoms with Crippen molar-refractivity contribution >= 4 is 0 Å². The average molecular weight is 228 g/mol. The zero-order valence-electron chi connectivity index (χ0n) is 10.9. The Labute approximate surface area is 98.8 Å². The molecule has 1 unspecified atom stereocenters. The molecule has 0 bridgehead atoms. The Hall–Kier alpha value is -0.630. The van der Waals surface area contributed by atoms with Gasteiger partial charge in [0.1, 0.15) is 0 Å². The maximum absolute atomic E-state index is 9.51. The van der Waals surface area contributed by atoms with Gasteiger partial charge in [0.05, 0.1) is 24.2 Å². The Morgan fingerprint density at radius 2 is 2.12 bits per heavy atom. The molecule has 0 aromatic heterocycles. The molecule has 0 heterocycles. The lowest BCUT2D eigenvalue weighted by molar-refractivity contribution is 0.0427. The molecule has 1 atom stereocenters. The number of ether oxygens (including phenoxy) is 1. The lowest BCUT2D eigenvalue weighted by atomic mass is 9.90. The quantitative estimate of drug-likeness (QED) is 0.679. The van der Waals surface area contributed by atoms with E-state index in [-0.39, 0.29) is 5.41 Å². The third-order valence-electron chi connectivity index (χ3n) is 2.53. The van der Waals surface area contributed by atoms with Gasteiger partial charge in [-0.25, -0.2) is 0 Å². The topological polar surface area (TPSA) is 56.5 Å². The predicted molar refractivity (Wildman–Crippen MR) is 64.0 cm³/mol. The fourth-order valence-electron chi connectivity index (χ4n) is 1.54. The minimum absolute atomic E-state index is 0.244. The second-order valence-electron chi connectivity index (χ2n) is 4.97. The summed E-state index contributed by atoms with van der Waals surface area (Å²) in [6.45, 7) is 5.78. The van der Waals surface area contributed by atoms with E-state index < -0.39 is 6.10 Å². The lowest BCUT2D eigenvalue weighted by Gasteiger charge is -2.21. The number of nitrogens with zero attached hydrogens (tertiary/aromatic N) is 2. The highest BCUT2D eigenvalue weighted by Gasteiger charge is 2.16. The van der Waals surface area contributed by atoms with Gasteiger partial charge in [-0.3, -0.25) is 0 Å². The van der Waals surface area contributed by atoms with Crippen LogP contribution in [0.5, 0.6) is 0 Å². The summed E-state index contributed by atoms with van der Waals surface area (Å²) >= 11 is 0. The molecule has 0 spiro atoms. The molecule has 0 fully saturated rings. The Bertz CT molecular complexity index is 224. The van der Waals surface area contributed by atoms with E-state index >= 15 is 0 Å². The maximum atomic E-state index is 9.51. The first-order chi connectivity index (χ1) is 7.41. The highest BCUT2D eigenvalue weighted by Crippen LogP contribution is 2.20. The maximum Gasteiger partial charge on any atom is 0.0899 e. The monoisotopic (exact) mass is 228 g/mol. The van der Waals surface area contributed by atoms with Crippen LogP contribution in [0.25, 0.3) is 0 Å². The van der Waals surface area contributed by atoms with Crippen LogP contribution in [0.3, 0.4) is 0 Å². The fraction of sp³-hybridized carbons (Fsp3) is 0.917. The second-order valence-corrected chi connectivity index (χ2v) is 4.97. The fourth-order valence-corrected chi connectivity index (χ4v) is 1.54. The number of hydrogen-bond acceptors (Lipinski definition) is 4. The summed E-state index contributed by atoms with van der Waals surface area (Å²) < 4.78 is 4.86. The number of hydrogen-bond donors (Lipinski definition) is 1. The standard InChI is InChI=1S/C12H24N2O2/c1-12(2,10-13)6-5-7-14(3)8-11(15)9-16-4/h11,15H,5-9H2,1-4H3. The Morgan fingerprint density at radius 3 is 2.62 bits per heavy atom. The predicted octanol–water partition coefficient (Wildman–Crippen LogP) is 1.26. The molecular formula is C12H24N2O2. The number of aliphatic hydroxyl groups excluding tert-OH is 1. The zero-order valence-corrected chi connectivity index (χ0v) is 10.9. The molecule has 0 radical (unpaired) electrons.